The van der Waals surface area contributed by atoms with Crippen LogP contribution in [0.1, 0.15) is 10.5 Å². The molecule has 0 aliphatic heterocycles. The second-order valence-electron chi connectivity index (χ2n) is 2.47. The van der Waals surface area contributed by atoms with Crippen molar-refractivity contribution in [3.63, 3.8) is 0 Å². The van der Waals surface area contributed by atoms with Crippen molar-refractivity contribution < 1.29 is 17.9 Å². The Bertz CT molecular complexity index is 455. The summed E-state index contributed by atoms with van der Waals surface area (Å²) in [7, 11) is -2.42. The molecule has 1 aromatic rings. The third-order valence-electron chi connectivity index (χ3n) is 1.39. The van der Waals surface area contributed by atoms with Crippen LogP contribution in [-0.2, 0) is 14.6 Å². The molecule has 0 saturated heterocycles. The first-order valence-corrected chi connectivity index (χ1v) is 5.45. The van der Waals surface area contributed by atoms with Crippen LogP contribution in [0.5, 0.6) is 0 Å². The Balaban J connectivity index is 3.38. The minimum atomic E-state index is -3.56. The van der Waals surface area contributed by atoms with Crippen LogP contribution in [0.3, 0.4) is 0 Å². The summed E-state index contributed by atoms with van der Waals surface area (Å²) in [6.07, 6.45) is 3.37. The first-order valence-electron chi connectivity index (χ1n) is 3.56. The molecule has 1 heterocycles. The average Bonchev–Trinajstić information content (AvgIpc) is 2.15. The number of ether oxygens (including phenoxy) is 1. The smallest absolute Gasteiger partial charge is 0.359 e. The zero-order valence-electron chi connectivity index (χ0n) is 7.59. The van der Waals surface area contributed by atoms with Gasteiger partial charge in [-0.1, -0.05) is 0 Å². The van der Waals surface area contributed by atoms with Crippen LogP contribution in [0.4, 0.5) is 0 Å². The summed E-state index contributed by atoms with van der Waals surface area (Å²) >= 11 is 0. The van der Waals surface area contributed by atoms with Gasteiger partial charge in [0, 0.05) is 18.6 Å². The van der Waals surface area contributed by atoms with Crippen LogP contribution in [0.2, 0.25) is 0 Å². The van der Waals surface area contributed by atoms with Crippen molar-refractivity contribution in [2.75, 3.05) is 13.4 Å². The number of aromatic nitrogens is 2. The normalized spacial score (nSPS) is 11.0. The topological polar surface area (TPSA) is 86.2 Å². The highest BCUT2D eigenvalue weighted by Gasteiger charge is 2.21. The van der Waals surface area contributed by atoms with Crippen LogP contribution in [0.15, 0.2) is 17.4 Å². The molecule has 1 aromatic heterocycles. The van der Waals surface area contributed by atoms with Crippen molar-refractivity contribution in [1.82, 2.24) is 9.97 Å². The van der Waals surface area contributed by atoms with Gasteiger partial charge >= 0.3 is 5.97 Å². The van der Waals surface area contributed by atoms with E-state index in [0.717, 1.165) is 13.4 Å². The molecule has 14 heavy (non-hydrogen) atoms. The molecule has 6 nitrogen and oxygen atoms in total. The van der Waals surface area contributed by atoms with Crippen molar-refractivity contribution in [3.05, 3.63) is 18.1 Å². The molecule has 0 spiro atoms. The van der Waals surface area contributed by atoms with Crippen LogP contribution >= 0.6 is 0 Å². The fourth-order valence-electron chi connectivity index (χ4n) is 0.833. The fraction of sp³-hybridized carbons (Fsp3) is 0.286. The van der Waals surface area contributed by atoms with Gasteiger partial charge in [-0.2, -0.15) is 0 Å². The van der Waals surface area contributed by atoms with E-state index in [0.29, 0.717) is 0 Å². The Kier molecular flexibility index (Phi) is 2.80. The Labute approximate surface area is 80.9 Å². The minimum absolute atomic E-state index is 0.294. The SMILES string of the molecule is COC(=O)c1nccnc1S(C)(=O)=O. The van der Waals surface area contributed by atoms with Gasteiger partial charge in [0.15, 0.2) is 20.6 Å². The number of hydrogen-bond donors (Lipinski definition) is 0. The van der Waals surface area contributed by atoms with Crippen molar-refractivity contribution in [2.24, 2.45) is 0 Å². The molecular formula is C7H8N2O4S. The lowest BCUT2D eigenvalue weighted by atomic mass is 10.4. The van der Waals surface area contributed by atoms with Crippen LogP contribution in [0, 0.1) is 0 Å². The minimum Gasteiger partial charge on any atom is -0.464 e. The van der Waals surface area contributed by atoms with Gasteiger partial charge in [0.05, 0.1) is 7.11 Å². The van der Waals surface area contributed by atoms with Crippen molar-refractivity contribution in [3.8, 4) is 0 Å². The highest BCUT2D eigenvalue weighted by Crippen LogP contribution is 2.09. The summed E-state index contributed by atoms with van der Waals surface area (Å²) in [5.74, 6) is -0.821. The molecule has 0 aliphatic carbocycles. The van der Waals surface area contributed by atoms with E-state index in [-0.39, 0.29) is 10.7 Å². The van der Waals surface area contributed by atoms with Gasteiger partial charge in [0.25, 0.3) is 0 Å². The fourth-order valence-corrected chi connectivity index (χ4v) is 1.57. The van der Waals surface area contributed by atoms with E-state index in [1.54, 1.807) is 0 Å². The second kappa shape index (κ2) is 3.70. The molecule has 0 bridgehead atoms. The van der Waals surface area contributed by atoms with E-state index in [2.05, 4.69) is 14.7 Å². The van der Waals surface area contributed by atoms with E-state index in [1.165, 1.54) is 12.4 Å². The molecule has 1 rings (SSSR count). The Morgan fingerprint density at radius 3 is 2.43 bits per heavy atom. The first-order chi connectivity index (χ1) is 6.46. The van der Waals surface area contributed by atoms with Crippen LogP contribution in [0.25, 0.3) is 0 Å². The third kappa shape index (κ3) is 2.05. The lowest BCUT2D eigenvalue weighted by Crippen LogP contribution is -2.13. The molecular weight excluding hydrogens is 208 g/mol. The summed E-state index contributed by atoms with van der Waals surface area (Å²) in [4.78, 5) is 18.3. The van der Waals surface area contributed by atoms with E-state index in [9.17, 15) is 13.2 Å². The monoisotopic (exact) mass is 216 g/mol. The third-order valence-corrected chi connectivity index (χ3v) is 2.40. The van der Waals surface area contributed by atoms with Crippen molar-refractivity contribution >= 4 is 15.8 Å². The highest BCUT2D eigenvalue weighted by molar-refractivity contribution is 7.90. The summed E-state index contributed by atoms with van der Waals surface area (Å²) < 4.78 is 26.7. The number of methoxy groups -OCH3 is 1. The van der Waals surface area contributed by atoms with E-state index >= 15 is 0 Å². The summed E-state index contributed by atoms with van der Waals surface area (Å²) in [5.41, 5.74) is -0.294. The number of carbonyl (C=O) groups excluding carboxylic acids is 1. The Hall–Kier alpha value is -1.50. The zero-order chi connectivity index (χ0) is 10.8. The molecule has 7 heteroatoms. The van der Waals surface area contributed by atoms with E-state index in [1.807, 2.05) is 0 Å². The summed E-state index contributed by atoms with van der Waals surface area (Å²) in [5, 5.41) is -0.369. The standard InChI is InChI=1S/C7H8N2O4S/c1-13-7(10)5-6(14(2,11)12)9-4-3-8-5/h3-4H,1-2H3. The number of nitrogens with zero attached hydrogens (tertiary/aromatic N) is 2. The van der Waals surface area contributed by atoms with Gasteiger partial charge in [-0.15, -0.1) is 0 Å². The molecule has 0 N–H and O–H groups in total. The van der Waals surface area contributed by atoms with Gasteiger partial charge in [-0.3, -0.25) is 0 Å². The van der Waals surface area contributed by atoms with Gasteiger partial charge in [0.1, 0.15) is 0 Å². The lowest BCUT2D eigenvalue weighted by Gasteiger charge is -2.02. The molecule has 0 amide bonds. The first kappa shape index (κ1) is 10.6. The van der Waals surface area contributed by atoms with Crippen LogP contribution in [-0.4, -0.2) is 37.7 Å². The number of rotatable bonds is 2. The Morgan fingerprint density at radius 1 is 1.36 bits per heavy atom. The van der Waals surface area contributed by atoms with E-state index < -0.39 is 15.8 Å². The molecule has 0 aliphatic rings. The molecule has 0 saturated carbocycles. The maximum Gasteiger partial charge on any atom is 0.359 e. The summed E-state index contributed by atoms with van der Waals surface area (Å²) in [6, 6.07) is 0. The lowest BCUT2D eigenvalue weighted by molar-refractivity contribution is 0.0588. The van der Waals surface area contributed by atoms with Crippen molar-refractivity contribution in [1.29, 1.82) is 0 Å². The zero-order valence-corrected chi connectivity index (χ0v) is 8.41. The highest BCUT2D eigenvalue weighted by atomic mass is 32.2. The quantitative estimate of drug-likeness (QED) is 0.629. The van der Waals surface area contributed by atoms with Gasteiger partial charge in [0.2, 0.25) is 0 Å². The van der Waals surface area contributed by atoms with E-state index in [4.69, 9.17) is 0 Å². The number of hydrogen-bond acceptors (Lipinski definition) is 6. The molecule has 0 fully saturated rings. The maximum absolute atomic E-state index is 11.2. The second-order valence-corrected chi connectivity index (χ2v) is 4.40. The average molecular weight is 216 g/mol. The van der Waals surface area contributed by atoms with Gasteiger partial charge < -0.3 is 4.74 Å². The molecule has 0 radical (unpaired) electrons. The molecule has 0 atom stereocenters. The maximum atomic E-state index is 11.2. The van der Waals surface area contributed by atoms with Gasteiger partial charge in [-0.05, 0) is 0 Å². The molecule has 76 valence electrons. The predicted octanol–water partition coefficient (Wildman–Crippen LogP) is -0.333. The van der Waals surface area contributed by atoms with Crippen molar-refractivity contribution in [2.45, 2.75) is 5.03 Å². The number of sulfone groups is 1. The van der Waals surface area contributed by atoms with Crippen LogP contribution < -0.4 is 0 Å². The molecule has 0 aromatic carbocycles. The summed E-state index contributed by atoms with van der Waals surface area (Å²) in [6.45, 7) is 0. The largest absolute Gasteiger partial charge is 0.464 e. The molecule has 0 unspecified atom stereocenters. The predicted molar refractivity (Wildman–Crippen MR) is 46.5 cm³/mol. The number of esters is 1. The Morgan fingerprint density at radius 2 is 1.93 bits per heavy atom. The van der Waals surface area contributed by atoms with Gasteiger partial charge in [-0.25, -0.2) is 23.2 Å². The number of carbonyl (C=O) groups is 1.